The van der Waals surface area contributed by atoms with E-state index in [0.29, 0.717) is 26.4 Å². The topological polar surface area (TPSA) is 86.3 Å². The molecule has 1 fully saturated rings. The van der Waals surface area contributed by atoms with E-state index < -0.39 is 24.0 Å². The Kier molecular flexibility index (Phi) is 11.3. The number of hydrogen-bond acceptors (Lipinski definition) is 6. The molecule has 3 rings (SSSR count). The third-order valence-electron chi connectivity index (χ3n) is 6.93. The van der Waals surface area contributed by atoms with E-state index in [9.17, 15) is 9.59 Å². The highest BCUT2D eigenvalue weighted by atomic mass is 16.7. The monoisotopic (exact) mass is 540 g/mol. The van der Waals surface area contributed by atoms with E-state index in [1.165, 1.54) is 4.90 Å². The zero-order valence-electron chi connectivity index (χ0n) is 24.1. The van der Waals surface area contributed by atoms with Crippen molar-refractivity contribution in [3.05, 3.63) is 71.8 Å². The van der Waals surface area contributed by atoms with Crippen LogP contribution in [0, 0.1) is 11.8 Å². The first-order valence-corrected chi connectivity index (χ1v) is 13.8. The number of amides is 2. The maximum Gasteiger partial charge on any atom is 0.410 e. The first-order chi connectivity index (χ1) is 18.6. The second-order valence-corrected chi connectivity index (χ2v) is 11.1. The van der Waals surface area contributed by atoms with Crippen molar-refractivity contribution in [3.8, 4) is 0 Å². The maximum atomic E-state index is 13.1. The van der Waals surface area contributed by atoms with Gasteiger partial charge in [-0.15, -0.1) is 0 Å². The van der Waals surface area contributed by atoms with Crippen molar-refractivity contribution in [3.63, 3.8) is 0 Å². The lowest BCUT2D eigenvalue weighted by Gasteiger charge is -2.44. The van der Waals surface area contributed by atoms with E-state index in [2.05, 4.69) is 19.2 Å². The Labute approximate surface area is 233 Å². The van der Waals surface area contributed by atoms with E-state index in [4.69, 9.17) is 18.9 Å². The summed E-state index contributed by atoms with van der Waals surface area (Å²) >= 11 is 0. The molecule has 2 aromatic rings. The van der Waals surface area contributed by atoms with Crippen LogP contribution in [0.4, 0.5) is 4.79 Å². The number of carbonyl (C=O) groups excluding carboxylic acids is 2. The largest absolute Gasteiger partial charge is 0.444 e. The first kappa shape index (κ1) is 30.6. The van der Waals surface area contributed by atoms with Crippen LogP contribution in [0.2, 0.25) is 0 Å². The number of likely N-dealkylation sites (N-methyl/N-ethyl adjacent to an activating group) is 1. The number of hydrogen-bond donors (Lipinski definition) is 1. The van der Waals surface area contributed by atoms with Crippen LogP contribution in [0.1, 0.15) is 52.7 Å². The molecular weight excluding hydrogens is 496 g/mol. The van der Waals surface area contributed by atoms with E-state index in [1.54, 1.807) is 20.8 Å². The number of nitrogens with zero attached hydrogens (tertiary/aromatic N) is 1. The number of carbonyl (C=O) groups is 2. The molecule has 0 aliphatic carbocycles. The quantitative estimate of drug-likeness (QED) is 0.424. The van der Waals surface area contributed by atoms with Crippen molar-refractivity contribution >= 4 is 12.0 Å². The molecule has 1 aliphatic rings. The van der Waals surface area contributed by atoms with Crippen molar-refractivity contribution < 1.29 is 28.5 Å². The zero-order chi connectivity index (χ0) is 28.4. The summed E-state index contributed by atoms with van der Waals surface area (Å²) < 4.78 is 24.1. The summed E-state index contributed by atoms with van der Waals surface area (Å²) in [6.45, 7) is 12.9. The van der Waals surface area contributed by atoms with E-state index >= 15 is 0 Å². The lowest BCUT2D eigenvalue weighted by molar-refractivity contribution is -0.250. The second kappa shape index (κ2) is 14.4. The zero-order valence-corrected chi connectivity index (χ0v) is 24.1. The van der Waals surface area contributed by atoms with Crippen LogP contribution in [0.15, 0.2) is 60.7 Å². The van der Waals surface area contributed by atoms with Gasteiger partial charge in [-0.2, -0.15) is 0 Å². The van der Waals surface area contributed by atoms with Gasteiger partial charge in [-0.05, 0) is 50.7 Å². The molecule has 8 nitrogen and oxygen atoms in total. The second-order valence-electron chi connectivity index (χ2n) is 11.1. The van der Waals surface area contributed by atoms with E-state index in [1.807, 2.05) is 67.6 Å². The number of benzene rings is 2. The molecule has 0 aromatic heterocycles. The average Bonchev–Trinajstić information content (AvgIpc) is 2.90. The van der Waals surface area contributed by atoms with Gasteiger partial charge >= 0.3 is 6.09 Å². The molecule has 0 spiro atoms. The van der Waals surface area contributed by atoms with E-state index in [-0.39, 0.29) is 30.4 Å². The van der Waals surface area contributed by atoms with Crippen molar-refractivity contribution in [1.82, 2.24) is 10.2 Å². The minimum atomic E-state index is -0.678. The van der Waals surface area contributed by atoms with Crippen LogP contribution in [-0.4, -0.2) is 60.6 Å². The molecule has 1 heterocycles. The molecule has 0 bridgehead atoms. The molecule has 0 saturated carbocycles. The van der Waals surface area contributed by atoms with Crippen LogP contribution in [-0.2, 0) is 37.0 Å². The Morgan fingerprint density at radius 3 is 2.08 bits per heavy atom. The molecule has 2 amide bonds. The highest BCUT2D eigenvalue weighted by molar-refractivity contribution is 5.82. The molecule has 5 atom stereocenters. The van der Waals surface area contributed by atoms with Gasteiger partial charge in [0.25, 0.3) is 0 Å². The molecule has 2 unspecified atom stereocenters. The SMILES string of the molecule is CCN(CC(=O)NC1[C@H](OCc2ccccc2)OC(COCc2ccccc2)[C@@H](C)[C@@H]1C)C(=O)OC(C)(C)C. The third kappa shape index (κ3) is 9.64. The number of rotatable bonds is 11. The van der Waals surface area contributed by atoms with Gasteiger partial charge in [-0.3, -0.25) is 9.69 Å². The average molecular weight is 541 g/mol. The predicted octanol–water partition coefficient (Wildman–Crippen LogP) is 5.16. The van der Waals surface area contributed by atoms with Crippen LogP contribution >= 0.6 is 0 Å². The van der Waals surface area contributed by atoms with Gasteiger partial charge in [0.2, 0.25) is 5.91 Å². The van der Waals surface area contributed by atoms with Crippen molar-refractivity contribution in [2.75, 3.05) is 19.7 Å². The Balaban J connectivity index is 1.67. The summed E-state index contributed by atoms with van der Waals surface area (Å²) in [7, 11) is 0. The van der Waals surface area contributed by atoms with Gasteiger partial charge in [-0.1, -0.05) is 74.5 Å². The van der Waals surface area contributed by atoms with Crippen molar-refractivity contribution in [1.29, 1.82) is 0 Å². The molecule has 1 aliphatic heterocycles. The minimum absolute atomic E-state index is 0.0328. The van der Waals surface area contributed by atoms with Crippen LogP contribution in [0.25, 0.3) is 0 Å². The fourth-order valence-electron chi connectivity index (χ4n) is 4.48. The number of ether oxygens (including phenoxy) is 4. The first-order valence-electron chi connectivity index (χ1n) is 13.8. The number of nitrogens with one attached hydrogen (secondary N) is 1. The summed E-state index contributed by atoms with van der Waals surface area (Å²) in [6.07, 6.45) is -1.40. The smallest absolute Gasteiger partial charge is 0.410 e. The Morgan fingerprint density at radius 1 is 0.923 bits per heavy atom. The predicted molar refractivity (Wildman–Crippen MR) is 150 cm³/mol. The highest BCUT2D eigenvalue weighted by Crippen LogP contribution is 2.32. The van der Waals surface area contributed by atoms with E-state index in [0.717, 1.165) is 11.1 Å². The van der Waals surface area contributed by atoms with Gasteiger partial charge in [-0.25, -0.2) is 4.79 Å². The highest BCUT2D eigenvalue weighted by Gasteiger charge is 2.43. The van der Waals surface area contributed by atoms with Gasteiger partial charge in [0, 0.05) is 6.54 Å². The Hall–Kier alpha value is -2.94. The molecule has 1 saturated heterocycles. The maximum absolute atomic E-state index is 13.1. The summed E-state index contributed by atoms with van der Waals surface area (Å²) in [5.41, 5.74) is 1.47. The normalized spacial score (nSPS) is 23.2. The van der Waals surface area contributed by atoms with Gasteiger partial charge in [0.15, 0.2) is 6.29 Å². The molecule has 8 heteroatoms. The van der Waals surface area contributed by atoms with Crippen LogP contribution in [0.5, 0.6) is 0 Å². The minimum Gasteiger partial charge on any atom is -0.444 e. The molecule has 214 valence electrons. The standard InChI is InChI=1S/C31H44N2O6/c1-7-33(30(35)39-31(4,5)6)18-27(34)32-28-23(3)22(2)26(21-36-19-24-14-10-8-11-15-24)38-29(28)37-20-25-16-12-9-13-17-25/h8-17,22-23,26,28-29H,7,18-21H2,1-6H3,(H,32,34)/t22-,23-,26?,28?,29+/m0/s1. The van der Waals surface area contributed by atoms with Gasteiger partial charge in [0.05, 0.1) is 32.0 Å². The summed E-state index contributed by atoms with van der Waals surface area (Å²) in [5, 5.41) is 3.09. The third-order valence-corrected chi connectivity index (χ3v) is 6.93. The lowest BCUT2D eigenvalue weighted by Crippen LogP contribution is -2.59. The Bertz CT molecular complexity index is 1030. The fraction of sp³-hybridized carbons (Fsp3) is 0.548. The summed E-state index contributed by atoms with van der Waals surface area (Å²) in [4.78, 5) is 27.1. The van der Waals surface area contributed by atoms with Crippen LogP contribution in [0.3, 0.4) is 0 Å². The van der Waals surface area contributed by atoms with Crippen molar-refractivity contribution in [2.45, 2.75) is 78.8 Å². The van der Waals surface area contributed by atoms with Gasteiger partial charge in [0.1, 0.15) is 12.1 Å². The molecule has 2 aromatic carbocycles. The summed E-state index contributed by atoms with van der Waals surface area (Å²) in [6, 6.07) is 19.5. The Morgan fingerprint density at radius 2 is 1.51 bits per heavy atom. The lowest BCUT2D eigenvalue weighted by atomic mass is 9.82. The van der Waals surface area contributed by atoms with Crippen LogP contribution < -0.4 is 5.32 Å². The molecule has 1 N–H and O–H groups in total. The fourth-order valence-corrected chi connectivity index (χ4v) is 4.48. The molecule has 0 radical (unpaired) electrons. The van der Waals surface area contributed by atoms with Gasteiger partial charge < -0.3 is 24.3 Å². The molecular formula is C31H44N2O6. The summed E-state index contributed by atoms with van der Waals surface area (Å²) in [5.74, 6) is -0.163. The molecule has 39 heavy (non-hydrogen) atoms. The van der Waals surface area contributed by atoms with Crippen molar-refractivity contribution in [2.24, 2.45) is 11.8 Å².